The summed E-state index contributed by atoms with van der Waals surface area (Å²) in [6.45, 7) is 9.39. The maximum Gasteiger partial charge on any atom is 0.321 e. The normalized spacial score (nSPS) is 13.2. The van der Waals surface area contributed by atoms with E-state index in [0.29, 0.717) is 13.2 Å². The van der Waals surface area contributed by atoms with E-state index in [2.05, 4.69) is 38.3 Å². The minimum absolute atomic E-state index is 0.0791. The minimum Gasteiger partial charge on any atom is -0.383 e. The van der Waals surface area contributed by atoms with Crippen molar-refractivity contribution >= 4 is 11.9 Å². The molecule has 1 atom stereocenters. The van der Waals surface area contributed by atoms with Gasteiger partial charge in [0.2, 0.25) is 5.91 Å². The third-order valence-corrected chi connectivity index (χ3v) is 3.15. The first-order valence-electron chi connectivity index (χ1n) is 6.45. The number of rotatable bonds is 6. The maximum atomic E-state index is 11.7. The van der Waals surface area contributed by atoms with Crippen LogP contribution in [0.25, 0.3) is 0 Å². The average Bonchev–Trinajstić information content (AvgIpc) is 2.26. The van der Waals surface area contributed by atoms with Gasteiger partial charge in [0.05, 0.1) is 13.2 Å². The zero-order valence-corrected chi connectivity index (χ0v) is 12.9. The van der Waals surface area contributed by atoms with Gasteiger partial charge < -0.3 is 10.1 Å². The summed E-state index contributed by atoms with van der Waals surface area (Å²) in [5, 5.41) is 4.82. The highest BCUT2D eigenvalue weighted by atomic mass is 16.5. The van der Waals surface area contributed by atoms with Crippen LogP contribution in [0.4, 0.5) is 4.79 Å². The Morgan fingerprint density at radius 2 is 1.89 bits per heavy atom. The van der Waals surface area contributed by atoms with Crippen molar-refractivity contribution in [3.8, 4) is 0 Å². The van der Waals surface area contributed by atoms with Gasteiger partial charge in [-0.05, 0) is 19.4 Å². The second kappa shape index (κ2) is 8.12. The molecule has 0 spiro atoms. The number of hydrogen-bond donors (Lipinski definition) is 2. The number of imide groups is 1. The number of urea groups is 1. The minimum atomic E-state index is -0.487. The zero-order chi connectivity index (χ0) is 15.1. The van der Waals surface area contributed by atoms with Gasteiger partial charge in [0, 0.05) is 19.7 Å². The lowest BCUT2D eigenvalue weighted by molar-refractivity contribution is -0.121. The first kappa shape index (κ1) is 17.9. The summed E-state index contributed by atoms with van der Waals surface area (Å²) < 4.78 is 4.80. The molecule has 0 aromatic carbocycles. The predicted molar refractivity (Wildman–Crippen MR) is 75.0 cm³/mol. The maximum absolute atomic E-state index is 11.7. The van der Waals surface area contributed by atoms with Crippen LogP contribution in [-0.4, -0.2) is 56.7 Å². The Morgan fingerprint density at radius 3 is 2.37 bits per heavy atom. The van der Waals surface area contributed by atoms with Gasteiger partial charge >= 0.3 is 6.03 Å². The van der Waals surface area contributed by atoms with Crippen LogP contribution in [0.5, 0.6) is 0 Å². The van der Waals surface area contributed by atoms with Crippen LogP contribution < -0.4 is 10.6 Å². The molecule has 0 fully saturated rings. The lowest BCUT2D eigenvalue weighted by Crippen LogP contribution is -2.48. The van der Waals surface area contributed by atoms with E-state index in [1.807, 2.05) is 11.9 Å². The van der Waals surface area contributed by atoms with Crippen molar-refractivity contribution < 1.29 is 14.3 Å². The number of nitrogens with one attached hydrogen (secondary N) is 2. The van der Waals surface area contributed by atoms with E-state index in [9.17, 15) is 9.59 Å². The molecule has 2 N–H and O–H groups in total. The Bertz CT molecular complexity index is 300. The van der Waals surface area contributed by atoms with E-state index in [1.54, 1.807) is 7.11 Å². The Labute approximate surface area is 115 Å². The predicted octanol–water partition coefficient (Wildman–Crippen LogP) is 0.825. The highest BCUT2D eigenvalue weighted by Gasteiger charge is 2.25. The number of methoxy groups -OCH3 is 1. The van der Waals surface area contributed by atoms with E-state index < -0.39 is 6.03 Å². The Kier molecular flexibility index (Phi) is 7.63. The molecule has 0 aliphatic heterocycles. The first-order valence-corrected chi connectivity index (χ1v) is 6.45. The fraction of sp³-hybridized carbons (Fsp3) is 0.846. The van der Waals surface area contributed by atoms with Crippen molar-refractivity contribution in [1.29, 1.82) is 0 Å². The molecule has 0 aromatic rings. The van der Waals surface area contributed by atoms with Crippen LogP contribution in [0.1, 0.15) is 27.7 Å². The highest BCUT2D eigenvalue weighted by Crippen LogP contribution is 2.22. The summed E-state index contributed by atoms with van der Waals surface area (Å²) in [6, 6.07) is -0.256. The number of amides is 3. The molecule has 3 amide bonds. The molecule has 0 rings (SSSR count). The number of likely N-dealkylation sites (N-methyl/N-ethyl adjacent to an activating group) is 1. The number of carbonyl (C=O) groups excluding carboxylic acids is 2. The van der Waals surface area contributed by atoms with E-state index >= 15 is 0 Å². The van der Waals surface area contributed by atoms with E-state index in [1.165, 1.54) is 0 Å². The van der Waals surface area contributed by atoms with Crippen LogP contribution in [0.3, 0.4) is 0 Å². The first-order chi connectivity index (χ1) is 8.68. The third kappa shape index (κ3) is 7.79. The number of nitrogens with zero attached hydrogens (tertiary/aromatic N) is 1. The lowest BCUT2D eigenvalue weighted by Gasteiger charge is -2.34. The number of hydrogen-bond acceptors (Lipinski definition) is 4. The highest BCUT2D eigenvalue weighted by molar-refractivity contribution is 5.95. The second-order valence-electron chi connectivity index (χ2n) is 5.75. The van der Waals surface area contributed by atoms with Gasteiger partial charge in [-0.1, -0.05) is 20.8 Å². The number of carbonyl (C=O) groups is 2. The summed E-state index contributed by atoms with van der Waals surface area (Å²) in [6.07, 6.45) is 0. The van der Waals surface area contributed by atoms with Crippen molar-refractivity contribution in [2.75, 3.05) is 33.9 Å². The van der Waals surface area contributed by atoms with E-state index in [0.717, 1.165) is 0 Å². The molecule has 6 heteroatoms. The van der Waals surface area contributed by atoms with Crippen LogP contribution in [0.2, 0.25) is 0 Å². The Hall–Kier alpha value is -1.14. The lowest BCUT2D eigenvalue weighted by atomic mass is 9.87. The van der Waals surface area contributed by atoms with Gasteiger partial charge in [-0.15, -0.1) is 0 Å². The summed E-state index contributed by atoms with van der Waals surface area (Å²) in [7, 11) is 3.42. The molecule has 0 aliphatic carbocycles. The summed E-state index contributed by atoms with van der Waals surface area (Å²) in [5.41, 5.74) is 0.0791. The van der Waals surface area contributed by atoms with Gasteiger partial charge in [0.25, 0.3) is 0 Å². The fourth-order valence-corrected chi connectivity index (χ4v) is 1.50. The standard InChI is InChI=1S/C13H27N3O3/c1-10(13(2,3)4)16(5)9-11(17)15-12(18)14-7-8-19-6/h10H,7-9H2,1-6H3,(H2,14,15,17,18). The number of ether oxygens (including phenoxy) is 1. The van der Waals surface area contributed by atoms with Crippen molar-refractivity contribution in [3.63, 3.8) is 0 Å². The SMILES string of the molecule is COCCNC(=O)NC(=O)CN(C)C(C)C(C)(C)C. The smallest absolute Gasteiger partial charge is 0.321 e. The van der Waals surface area contributed by atoms with E-state index in [-0.39, 0.29) is 23.9 Å². The monoisotopic (exact) mass is 273 g/mol. The molecule has 112 valence electrons. The molecule has 0 aliphatic rings. The fourth-order valence-electron chi connectivity index (χ4n) is 1.50. The van der Waals surface area contributed by atoms with Crippen LogP contribution >= 0.6 is 0 Å². The van der Waals surface area contributed by atoms with Crippen LogP contribution in [-0.2, 0) is 9.53 Å². The molecule has 0 bridgehead atoms. The molecule has 0 heterocycles. The molecule has 1 unspecified atom stereocenters. The second-order valence-corrected chi connectivity index (χ2v) is 5.75. The van der Waals surface area contributed by atoms with Crippen molar-refractivity contribution in [1.82, 2.24) is 15.5 Å². The molecule has 0 aromatic heterocycles. The van der Waals surface area contributed by atoms with Gasteiger partial charge in [0.1, 0.15) is 0 Å². The van der Waals surface area contributed by atoms with Gasteiger partial charge in [0.15, 0.2) is 0 Å². The average molecular weight is 273 g/mol. The largest absolute Gasteiger partial charge is 0.383 e. The quantitative estimate of drug-likeness (QED) is 0.703. The van der Waals surface area contributed by atoms with Crippen LogP contribution in [0, 0.1) is 5.41 Å². The Balaban J connectivity index is 4.07. The summed E-state index contributed by atoms with van der Waals surface area (Å²) in [4.78, 5) is 25.0. The van der Waals surface area contributed by atoms with Crippen LogP contribution in [0.15, 0.2) is 0 Å². The van der Waals surface area contributed by atoms with Crippen molar-refractivity contribution in [2.45, 2.75) is 33.7 Å². The van der Waals surface area contributed by atoms with Crippen molar-refractivity contribution in [2.24, 2.45) is 5.41 Å². The zero-order valence-electron chi connectivity index (χ0n) is 12.9. The summed E-state index contributed by atoms with van der Waals surface area (Å²) in [5.74, 6) is -0.312. The Morgan fingerprint density at radius 1 is 1.32 bits per heavy atom. The third-order valence-electron chi connectivity index (χ3n) is 3.15. The molecular formula is C13H27N3O3. The molecular weight excluding hydrogens is 246 g/mol. The molecule has 0 saturated heterocycles. The van der Waals surface area contributed by atoms with Gasteiger partial charge in [-0.3, -0.25) is 15.0 Å². The molecule has 0 saturated carbocycles. The topological polar surface area (TPSA) is 70.7 Å². The van der Waals surface area contributed by atoms with Crippen molar-refractivity contribution in [3.05, 3.63) is 0 Å². The molecule has 6 nitrogen and oxygen atoms in total. The summed E-state index contributed by atoms with van der Waals surface area (Å²) >= 11 is 0. The van der Waals surface area contributed by atoms with Gasteiger partial charge in [-0.2, -0.15) is 0 Å². The van der Waals surface area contributed by atoms with Gasteiger partial charge in [-0.25, -0.2) is 4.79 Å². The molecule has 0 radical (unpaired) electrons. The van der Waals surface area contributed by atoms with E-state index in [4.69, 9.17) is 4.74 Å². The molecule has 19 heavy (non-hydrogen) atoms.